The van der Waals surface area contributed by atoms with Crippen LogP contribution in [-0.2, 0) is 4.74 Å². The van der Waals surface area contributed by atoms with Crippen LogP contribution >= 0.6 is 0 Å². The molecule has 0 atom stereocenters. The number of nitrogens with zero attached hydrogens (tertiary/aromatic N) is 1. The maximum Gasteiger partial charge on any atom is 0.410 e. The van der Waals surface area contributed by atoms with E-state index >= 15 is 0 Å². The number of rotatable bonds is 3. The number of carboxylic acid groups (broad SMARTS) is 1. The van der Waals surface area contributed by atoms with Crippen LogP contribution in [0.1, 0.15) is 54.3 Å². The third kappa shape index (κ3) is 5.20. The average molecular weight is 348 g/mol. The van der Waals surface area contributed by atoms with Gasteiger partial charge in [0.15, 0.2) is 0 Å². The molecule has 2 N–H and O–H groups in total. The third-order valence-corrected chi connectivity index (χ3v) is 3.88. The van der Waals surface area contributed by atoms with Gasteiger partial charge in [0, 0.05) is 19.1 Å². The lowest BCUT2D eigenvalue weighted by atomic mass is 10.0. The molecule has 136 valence electrons. The van der Waals surface area contributed by atoms with Gasteiger partial charge in [-0.25, -0.2) is 9.59 Å². The van der Waals surface area contributed by atoms with Gasteiger partial charge in [-0.1, -0.05) is 12.1 Å². The summed E-state index contributed by atoms with van der Waals surface area (Å²) >= 11 is 0. The number of piperidine rings is 1. The molecule has 2 amide bonds. The fourth-order valence-electron chi connectivity index (χ4n) is 2.66. The summed E-state index contributed by atoms with van der Waals surface area (Å²) in [6, 6.07) is 6.01. The zero-order valence-corrected chi connectivity index (χ0v) is 14.7. The number of likely N-dealkylation sites (tertiary alicyclic amines) is 1. The maximum atomic E-state index is 12.4. The van der Waals surface area contributed by atoms with Crippen LogP contribution < -0.4 is 5.32 Å². The molecule has 0 aliphatic carbocycles. The number of ether oxygens (including phenoxy) is 1. The Bertz CT molecular complexity index is 658. The van der Waals surface area contributed by atoms with Gasteiger partial charge in [-0.2, -0.15) is 0 Å². The first-order valence-electron chi connectivity index (χ1n) is 8.28. The van der Waals surface area contributed by atoms with Crippen LogP contribution in [0.5, 0.6) is 0 Å². The van der Waals surface area contributed by atoms with Gasteiger partial charge >= 0.3 is 12.1 Å². The second kappa shape index (κ2) is 7.55. The van der Waals surface area contributed by atoms with Crippen molar-refractivity contribution in [3.8, 4) is 0 Å². The predicted octanol–water partition coefficient (Wildman–Crippen LogP) is 2.51. The Morgan fingerprint density at radius 3 is 2.20 bits per heavy atom. The van der Waals surface area contributed by atoms with Crippen LogP contribution in [0.4, 0.5) is 4.79 Å². The van der Waals surface area contributed by atoms with Crippen molar-refractivity contribution in [2.75, 3.05) is 13.1 Å². The molecule has 7 heteroatoms. The second-order valence-corrected chi connectivity index (χ2v) is 7.07. The lowest BCUT2D eigenvalue weighted by Gasteiger charge is -2.33. The SMILES string of the molecule is CC(C)(C)OC(=O)N1CCC(NC(=O)c2ccccc2C(=O)O)CC1. The molecule has 1 fully saturated rings. The van der Waals surface area contributed by atoms with E-state index in [0.29, 0.717) is 25.9 Å². The fourth-order valence-corrected chi connectivity index (χ4v) is 2.66. The number of amides is 2. The van der Waals surface area contributed by atoms with Crippen LogP contribution in [0.3, 0.4) is 0 Å². The number of hydrogen-bond acceptors (Lipinski definition) is 4. The van der Waals surface area contributed by atoms with Crippen molar-refractivity contribution >= 4 is 18.0 Å². The highest BCUT2D eigenvalue weighted by atomic mass is 16.6. The Labute approximate surface area is 147 Å². The summed E-state index contributed by atoms with van der Waals surface area (Å²) in [4.78, 5) is 37.2. The zero-order chi connectivity index (χ0) is 18.6. The summed E-state index contributed by atoms with van der Waals surface area (Å²) in [6.45, 7) is 6.42. The van der Waals surface area contributed by atoms with E-state index in [1.54, 1.807) is 17.0 Å². The van der Waals surface area contributed by atoms with E-state index in [1.807, 2.05) is 20.8 Å². The molecule has 0 spiro atoms. The predicted molar refractivity (Wildman–Crippen MR) is 91.7 cm³/mol. The molecule has 0 unspecified atom stereocenters. The molecule has 0 aromatic heterocycles. The van der Waals surface area contributed by atoms with E-state index in [-0.39, 0.29) is 23.3 Å². The lowest BCUT2D eigenvalue weighted by Crippen LogP contribution is -2.48. The second-order valence-electron chi connectivity index (χ2n) is 7.07. The Morgan fingerprint density at radius 2 is 1.68 bits per heavy atom. The Kier molecular flexibility index (Phi) is 5.66. The van der Waals surface area contributed by atoms with Gasteiger partial charge in [0.1, 0.15) is 5.60 Å². The van der Waals surface area contributed by atoms with Gasteiger partial charge in [-0.3, -0.25) is 4.79 Å². The fraction of sp³-hybridized carbons (Fsp3) is 0.500. The molecule has 0 bridgehead atoms. The van der Waals surface area contributed by atoms with Crippen molar-refractivity contribution in [3.05, 3.63) is 35.4 Å². The quantitative estimate of drug-likeness (QED) is 0.875. The van der Waals surface area contributed by atoms with Crippen molar-refractivity contribution in [1.29, 1.82) is 0 Å². The minimum Gasteiger partial charge on any atom is -0.478 e. The molecule has 1 aromatic rings. The maximum absolute atomic E-state index is 12.4. The van der Waals surface area contributed by atoms with E-state index in [1.165, 1.54) is 12.1 Å². The Balaban J connectivity index is 1.91. The summed E-state index contributed by atoms with van der Waals surface area (Å²) < 4.78 is 5.34. The number of hydrogen-bond donors (Lipinski definition) is 2. The van der Waals surface area contributed by atoms with Gasteiger partial charge in [-0.15, -0.1) is 0 Å². The highest BCUT2D eigenvalue weighted by molar-refractivity contribution is 6.04. The Hall–Kier alpha value is -2.57. The smallest absolute Gasteiger partial charge is 0.410 e. The van der Waals surface area contributed by atoms with E-state index in [0.717, 1.165) is 0 Å². The standard InChI is InChI=1S/C18H24N2O5/c1-18(2,3)25-17(24)20-10-8-12(9-11-20)19-15(21)13-6-4-5-7-14(13)16(22)23/h4-7,12H,8-11H2,1-3H3,(H,19,21)(H,22,23). The third-order valence-electron chi connectivity index (χ3n) is 3.88. The monoisotopic (exact) mass is 348 g/mol. The first-order chi connectivity index (χ1) is 11.7. The summed E-state index contributed by atoms with van der Waals surface area (Å²) in [5.41, 5.74) is -0.418. The molecule has 25 heavy (non-hydrogen) atoms. The highest BCUT2D eigenvalue weighted by Crippen LogP contribution is 2.16. The van der Waals surface area contributed by atoms with Crippen molar-refractivity contribution in [2.45, 2.75) is 45.3 Å². The van der Waals surface area contributed by atoms with Crippen molar-refractivity contribution < 1.29 is 24.2 Å². The topological polar surface area (TPSA) is 95.9 Å². The zero-order valence-electron chi connectivity index (χ0n) is 14.7. The van der Waals surface area contributed by atoms with Gasteiger partial charge in [0.05, 0.1) is 11.1 Å². The minimum atomic E-state index is -1.13. The van der Waals surface area contributed by atoms with Crippen LogP contribution in [0, 0.1) is 0 Å². The molecular formula is C18H24N2O5. The molecule has 1 saturated heterocycles. The van der Waals surface area contributed by atoms with Crippen LogP contribution in [0.2, 0.25) is 0 Å². The summed E-state index contributed by atoms with van der Waals surface area (Å²) in [6.07, 6.45) is 0.842. The lowest BCUT2D eigenvalue weighted by molar-refractivity contribution is 0.0199. The molecule has 1 heterocycles. The number of carbonyl (C=O) groups excluding carboxylic acids is 2. The molecule has 2 rings (SSSR count). The molecule has 0 radical (unpaired) electrons. The minimum absolute atomic E-state index is 0.0220. The number of aromatic carboxylic acids is 1. The van der Waals surface area contributed by atoms with Crippen LogP contribution in [0.15, 0.2) is 24.3 Å². The van der Waals surface area contributed by atoms with E-state index in [4.69, 9.17) is 4.74 Å². The van der Waals surface area contributed by atoms with Crippen molar-refractivity contribution in [2.24, 2.45) is 0 Å². The van der Waals surface area contributed by atoms with Gasteiger partial charge in [0.2, 0.25) is 0 Å². The summed E-state index contributed by atoms with van der Waals surface area (Å²) in [5.74, 6) is -1.54. The van der Waals surface area contributed by atoms with Crippen LogP contribution in [-0.4, -0.2) is 52.7 Å². The van der Waals surface area contributed by atoms with E-state index in [9.17, 15) is 19.5 Å². The largest absolute Gasteiger partial charge is 0.478 e. The Morgan fingerprint density at radius 1 is 1.12 bits per heavy atom. The summed E-state index contributed by atoms with van der Waals surface area (Å²) in [7, 11) is 0. The average Bonchev–Trinajstić information content (AvgIpc) is 2.53. The molecule has 1 aliphatic heterocycles. The van der Waals surface area contributed by atoms with Gasteiger partial charge < -0.3 is 20.1 Å². The van der Waals surface area contributed by atoms with Gasteiger partial charge in [-0.05, 0) is 45.7 Å². The van der Waals surface area contributed by atoms with Crippen molar-refractivity contribution in [3.63, 3.8) is 0 Å². The first kappa shape index (κ1) is 18.8. The first-order valence-corrected chi connectivity index (χ1v) is 8.28. The molecule has 0 saturated carbocycles. The summed E-state index contributed by atoms with van der Waals surface area (Å²) in [5, 5.41) is 12.0. The molecule has 1 aliphatic rings. The highest BCUT2D eigenvalue weighted by Gasteiger charge is 2.28. The molecule has 1 aromatic carbocycles. The molecule has 7 nitrogen and oxygen atoms in total. The van der Waals surface area contributed by atoms with E-state index in [2.05, 4.69) is 5.32 Å². The molecular weight excluding hydrogens is 324 g/mol. The number of carbonyl (C=O) groups is 3. The number of carboxylic acids is 1. The van der Waals surface area contributed by atoms with Gasteiger partial charge in [0.25, 0.3) is 5.91 Å². The van der Waals surface area contributed by atoms with Crippen molar-refractivity contribution in [1.82, 2.24) is 10.2 Å². The normalized spacial score (nSPS) is 15.6. The van der Waals surface area contributed by atoms with E-state index < -0.39 is 17.5 Å². The number of benzene rings is 1. The number of nitrogens with one attached hydrogen (secondary N) is 1. The van der Waals surface area contributed by atoms with Crippen LogP contribution in [0.25, 0.3) is 0 Å².